The molecule has 4 rings (SSSR count). The van der Waals surface area contributed by atoms with Gasteiger partial charge < -0.3 is 24.3 Å². The van der Waals surface area contributed by atoms with Crippen molar-refractivity contribution < 1.29 is 32.7 Å². The molecule has 2 aliphatic rings. The molecule has 0 spiro atoms. The van der Waals surface area contributed by atoms with Gasteiger partial charge in [0.05, 0.1) is 30.7 Å². The fourth-order valence-electron chi connectivity index (χ4n) is 3.94. The van der Waals surface area contributed by atoms with Gasteiger partial charge in [-0.05, 0) is 42.5 Å². The number of carbonyl (C=O) groups is 4. The van der Waals surface area contributed by atoms with E-state index < -0.39 is 29.7 Å². The van der Waals surface area contributed by atoms with E-state index in [0.29, 0.717) is 30.2 Å². The van der Waals surface area contributed by atoms with Gasteiger partial charge in [-0.3, -0.25) is 19.3 Å². The zero-order valence-electron chi connectivity index (χ0n) is 19.1. The molecular formula is C24H25FN4O6. The van der Waals surface area contributed by atoms with E-state index in [9.17, 15) is 23.6 Å². The van der Waals surface area contributed by atoms with Crippen molar-refractivity contribution in [3.05, 3.63) is 54.2 Å². The number of carbonyl (C=O) groups excluding carboxylic acids is 4. The summed E-state index contributed by atoms with van der Waals surface area (Å²) in [5.41, 5.74) is 0.691. The van der Waals surface area contributed by atoms with Crippen molar-refractivity contribution in [2.45, 2.75) is 13.0 Å². The highest BCUT2D eigenvalue weighted by atomic mass is 19.1. The maximum absolute atomic E-state index is 15.0. The van der Waals surface area contributed by atoms with Crippen LogP contribution >= 0.6 is 0 Å². The summed E-state index contributed by atoms with van der Waals surface area (Å²) in [5.74, 6) is -1.55. The van der Waals surface area contributed by atoms with Gasteiger partial charge in [0, 0.05) is 33.1 Å². The first-order valence-corrected chi connectivity index (χ1v) is 11.1. The number of furan rings is 1. The van der Waals surface area contributed by atoms with E-state index >= 15 is 0 Å². The number of nitrogens with one attached hydrogen (secondary N) is 1. The molecule has 2 saturated heterocycles. The Labute approximate surface area is 200 Å². The van der Waals surface area contributed by atoms with E-state index in [4.69, 9.17) is 9.15 Å². The van der Waals surface area contributed by atoms with E-state index in [1.54, 1.807) is 29.2 Å². The summed E-state index contributed by atoms with van der Waals surface area (Å²) < 4.78 is 25.3. The number of hydrogen-bond donors (Lipinski definition) is 1. The molecule has 11 heteroatoms. The third-order valence-corrected chi connectivity index (χ3v) is 5.76. The Morgan fingerprint density at radius 3 is 2.60 bits per heavy atom. The van der Waals surface area contributed by atoms with Gasteiger partial charge >= 0.3 is 6.09 Å². The summed E-state index contributed by atoms with van der Waals surface area (Å²) in [4.78, 5) is 52.4. The third kappa shape index (κ3) is 5.68. The average Bonchev–Trinajstić information content (AvgIpc) is 3.50. The lowest BCUT2D eigenvalue weighted by Crippen LogP contribution is -2.50. The van der Waals surface area contributed by atoms with Crippen LogP contribution in [0.4, 0.5) is 20.6 Å². The van der Waals surface area contributed by atoms with Crippen molar-refractivity contribution in [1.29, 1.82) is 0 Å². The van der Waals surface area contributed by atoms with Crippen molar-refractivity contribution in [3.8, 4) is 0 Å². The highest BCUT2D eigenvalue weighted by molar-refractivity contribution is 6.41. The number of nitrogens with zero attached hydrogens (tertiary/aromatic N) is 3. The zero-order valence-corrected chi connectivity index (χ0v) is 19.1. The summed E-state index contributed by atoms with van der Waals surface area (Å²) in [6.45, 7) is 2.98. The molecule has 10 nitrogen and oxygen atoms in total. The van der Waals surface area contributed by atoms with Crippen molar-refractivity contribution >= 4 is 41.1 Å². The topological polar surface area (TPSA) is 112 Å². The second kappa shape index (κ2) is 10.4. The smallest absolute Gasteiger partial charge is 0.414 e. The number of amides is 3. The number of cyclic esters (lactones) is 1. The Morgan fingerprint density at radius 1 is 1.17 bits per heavy atom. The highest BCUT2D eigenvalue weighted by Crippen LogP contribution is 2.28. The molecule has 0 radical (unpaired) electrons. The van der Waals surface area contributed by atoms with Gasteiger partial charge in [0.1, 0.15) is 17.7 Å². The van der Waals surface area contributed by atoms with E-state index in [2.05, 4.69) is 5.32 Å². The van der Waals surface area contributed by atoms with Gasteiger partial charge in [-0.2, -0.15) is 0 Å². The minimum Gasteiger partial charge on any atom is -0.465 e. The molecule has 1 aromatic heterocycles. The zero-order chi connectivity index (χ0) is 24.9. The van der Waals surface area contributed by atoms with Gasteiger partial charge in [0.2, 0.25) is 11.7 Å². The van der Waals surface area contributed by atoms with Crippen LogP contribution in [0.15, 0.2) is 47.1 Å². The monoisotopic (exact) mass is 484 g/mol. The Morgan fingerprint density at radius 2 is 1.94 bits per heavy atom. The number of rotatable bonds is 7. The molecule has 3 amide bonds. The molecule has 2 aromatic rings. The summed E-state index contributed by atoms with van der Waals surface area (Å²) in [7, 11) is 0. The van der Waals surface area contributed by atoms with Gasteiger partial charge in [0.15, 0.2) is 0 Å². The van der Waals surface area contributed by atoms with Crippen molar-refractivity contribution in [3.63, 3.8) is 0 Å². The number of halogens is 1. The number of benzene rings is 1. The van der Waals surface area contributed by atoms with Crippen molar-refractivity contribution in [1.82, 2.24) is 10.2 Å². The molecular weight excluding hydrogens is 459 g/mol. The number of piperazine rings is 1. The van der Waals surface area contributed by atoms with E-state index in [1.807, 2.05) is 0 Å². The summed E-state index contributed by atoms with van der Waals surface area (Å²) in [6.07, 6.45) is 2.96. The number of anilines is 2. The molecule has 35 heavy (non-hydrogen) atoms. The van der Waals surface area contributed by atoms with E-state index in [0.717, 1.165) is 0 Å². The molecule has 1 atom stereocenters. The predicted octanol–water partition coefficient (Wildman–Crippen LogP) is 1.81. The van der Waals surface area contributed by atoms with Crippen LogP contribution in [0.1, 0.15) is 12.7 Å². The van der Waals surface area contributed by atoms with Crippen LogP contribution in [0.2, 0.25) is 0 Å². The summed E-state index contributed by atoms with van der Waals surface area (Å²) >= 11 is 0. The normalized spacial score (nSPS) is 18.2. The first-order valence-electron chi connectivity index (χ1n) is 11.1. The Kier molecular flexibility index (Phi) is 7.14. The number of ketones is 1. The van der Waals surface area contributed by atoms with E-state index in [-0.39, 0.29) is 32.1 Å². The first kappa shape index (κ1) is 24.0. The SMILES string of the molecule is CC(=O)NC[C@H]1CN(c2ccc(N3CCN(C(=O)C(=O)/C=C/c4ccco4)CC3)c(F)c2)C(=O)O1. The minimum absolute atomic E-state index is 0.183. The lowest BCUT2D eigenvalue weighted by atomic mass is 10.2. The van der Waals surface area contributed by atoms with Crippen LogP contribution in [0.5, 0.6) is 0 Å². The lowest BCUT2D eigenvalue weighted by Gasteiger charge is -2.36. The molecule has 1 aromatic carbocycles. The third-order valence-electron chi connectivity index (χ3n) is 5.76. The predicted molar refractivity (Wildman–Crippen MR) is 124 cm³/mol. The maximum Gasteiger partial charge on any atom is 0.414 e. The first-order chi connectivity index (χ1) is 16.8. The van der Waals surface area contributed by atoms with Crippen molar-refractivity contribution in [2.24, 2.45) is 0 Å². The number of hydrogen-bond acceptors (Lipinski definition) is 7. The molecule has 0 unspecified atom stereocenters. The van der Waals surface area contributed by atoms with Gasteiger partial charge in [-0.15, -0.1) is 0 Å². The lowest BCUT2D eigenvalue weighted by molar-refractivity contribution is -0.142. The Bertz CT molecular complexity index is 1140. The maximum atomic E-state index is 15.0. The Hall–Kier alpha value is -4.15. The molecule has 1 N–H and O–H groups in total. The molecule has 0 aliphatic carbocycles. The van der Waals surface area contributed by atoms with Gasteiger partial charge in [-0.25, -0.2) is 9.18 Å². The second-order valence-electron chi connectivity index (χ2n) is 8.18. The van der Waals surface area contributed by atoms with E-state index in [1.165, 1.54) is 41.2 Å². The van der Waals surface area contributed by atoms with Crippen LogP contribution in [-0.4, -0.2) is 74.0 Å². The molecule has 0 saturated carbocycles. The minimum atomic E-state index is -0.653. The fourth-order valence-corrected chi connectivity index (χ4v) is 3.94. The second-order valence-corrected chi connectivity index (χ2v) is 8.18. The molecule has 184 valence electrons. The van der Waals surface area contributed by atoms with Crippen LogP contribution in [0, 0.1) is 5.82 Å². The molecule has 0 bridgehead atoms. The fraction of sp³-hybridized carbons (Fsp3) is 0.333. The van der Waals surface area contributed by atoms with Crippen LogP contribution < -0.4 is 15.1 Å². The standard InChI is InChI=1S/C24H25FN4O6/c1-16(30)26-14-19-15-29(24(33)35-19)17-4-6-21(20(25)13-17)27-8-10-28(11-9-27)23(32)22(31)7-5-18-3-2-12-34-18/h2-7,12-13,19H,8-11,14-15H2,1H3,(H,26,30)/b7-5+/t19-/m0/s1. The van der Waals surface area contributed by atoms with Gasteiger partial charge in [0.25, 0.3) is 5.91 Å². The summed E-state index contributed by atoms with van der Waals surface area (Å²) in [5, 5.41) is 2.59. The molecule has 2 aliphatic heterocycles. The molecule has 3 heterocycles. The van der Waals surface area contributed by atoms with Crippen molar-refractivity contribution in [2.75, 3.05) is 49.1 Å². The summed E-state index contributed by atoms with van der Waals surface area (Å²) in [6, 6.07) is 7.81. The van der Waals surface area contributed by atoms with Crippen LogP contribution in [0.25, 0.3) is 6.08 Å². The number of ether oxygens (including phenoxy) is 1. The molecule has 2 fully saturated rings. The van der Waals surface area contributed by atoms with Gasteiger partial charge in [-0.1, -0.05) is 0 Å². The highest BCUT2D eigenvalue weighted by Gasteiger charge is 2.33. The van der Waals surface area contributed by atoms with Crippen LogP contribution in [-0.2, 0) is 19.1 Å². The largest absolute Gasteiger partial charge is 0.465 e. The van der Waals surface area contributed by atoms with Crippen LogP contribution in [0.3, 0.4) is 0 Å². The average molecular weight is 484 g/mol. The quantitative estimate of drug-likeness (QED) is 0.471. The Balaban J connectivity index is 1.33.